The van der Waals surface area contributed by atoms with Gasteiger partial charge in [-0.25, -0.2) is 0 Å². The number of fused-ring (bicyclic) bond motifs is 5. The molecule has 4 unspecified atom stereocenters. The molecule has 2 heteroatoms. The van der Waals surface area contributed by atoms with Crippen LogP contribution in [0.5, 0.6) is 0 Å². The molecule has 162 valence electrons. The molecule has 4 saturated carbocycles. The lowest BCUT2D eigenvalue weighted by Crippen LogP contribution is -2.61. The van der Waals surface area contributed by atoms with Gasteiger partial charge in [-0.3, -0.25) is 0 Å². The van der Waals surface area contributed by atoms with Crippen LogP contribution in [-0.2, 0) is 0 Å². The van der Waals surface area contributed by atoms with Crippen LogP contribution in [0.4, 0.5) is 0 Å². The van der Waals surface area contributed by atoms with E-state index in [0.717, 1.165) is 42.9 Å². The van der Waals surface area contributed by atoms with E-state index in [-0.39, 0.29) is 6.10 Å². The zero-order valence-corrected chi connectivity index (χ0v) is 19.0. The molecule has 0 aromatic rings. The Balaban J connectivity index is 1.63. The summed E-state index contributed by atoms with van der Waals surface area (Å²) in [5.74, 6) is 4.79. The molecule has 28 heavy (non-hydrogen) atoms. The van der Waals surface area contributed by atoms with Crippen LogP contribution in [0.3, 0.4) is 0 Å². The van der Waals surface area contributed by atoms with Gasteiger partial charge in [0.2, 0.25) is 0 Å². The molecular weight excluding hydrogens is 344 g/mol. The maximum Gasteiger partial charge on any atom is 0.0605 e. The van der Waals surface area contributed by atoms with Crippen molar-refractivity contribution in [1.29, 1.82) is 0 Å². The van der Waals surface area contributed by atoms with Gasteiger partial charge in [0.15, 0.2) is 0 Å². The second-order valence-electron chi connectivity index (χ2n) is 11.8. The molecule has 0 spiro atoms. The average molecular weight is 391 g/mol. The van der Waals surface area contributed by atoms with Crippen molar-refractivity contribution in [2.24, 2.45) is 52.3 Å². The minimum absolute atomic E-state index is 0.0673. The number of aliphatic hydroxyl groups is 2. The van der Waals surface area contributed by atoms with Crippen LogP contribution in [-0.4, -0.2) is 22.9 Å². The van der Waals surface area contributed by atoms with Gasteiger partial charge in [-0.2, -0.15) is 0 Å². The summed E-state index contributed by atoms with van der Waals surface area (Å²) in [4.78, 5) is 0. The van der Waals surface area contributed by atoms with Crippen molar-refractivity contribution in [1.82, 2.24) is 0 Å². The number of aliphatic hydroxyl groups excluding tert-OH is 2. The Kier molecular flexibility index (Phi) is 5.95. The van der Waals surface area contributed by atoms with Crippen molar-refractivity contribution in [3.8, 4) is 0 Å². The Morgan fingerprint density at radius 1 is 0.929 bits per heavy atom. The number of hydrogen-bond acceptors (Lipinski definition) is 2. The van der Waals surface area contributed by atoms with Gasteiger partial charge < -0.3 is 10.2 Å². The Hall–Kier alpha value is -0.0800. The predicted octanol–water partition coefficient (Wildman–Crippen LogP) is 6.05. The van der Waals surface area contributed by atoms with Gasteiger partial charge in [0.1, 0.15) is 0 Å². The van der Waals surface area contributed by atoms with Gasteiger partial charge in [-0.15, -0.1) is 0 Å². The van der Waals surface area contributed by atoms with Crippen molar-refractivity contribution in [3.05, 3.63) is 0 Å². The van der Waals surface area contributed by atoms with E-state index in [0.29, 0.717) is 35.2 Å². The molecule has 4 aliphatic carbocycles. The molecule has 0 amide bonds. The lowest BCUT2D eigenvalue weighted by Gasteiger charge is -2.64. The minimum Gasteiger partial charge on any atom is -0.396 e. The molecule has 0 aliphatic heterocycles. The lowest BCUT2D eigenvalue weighted by atomic mass is 9.41. The zero-order chi connectivity index (χ0) is 20.1. The first-order valence-corrected chi connectivity index (χ1v) is 12.7. The molecule has 0 heterocycles. The molecule has 2 N–H and O–H groups in total. The summed E-state index contributed by atoms with van der Waals surface area (Å²) in [6.45, 7) is 10.3. The maximum atomic E-state index is 11.7. The molecule has 4 aliphatic rings. The van der Waals surface area contributed by atoms with Crippen molar-refractivity contribution in [2.45, 2.75) is 104 Å². The van der Waals surface area contributed by atoms with Gasteiger partial charge >= 0.3 is 0 Å². The highest BCUT2D eigenvalue weighted by Crippen LogP contribution is 2.69. The van der Waals surface area contributed by atoms with E-state index in [9.17, 15) is 10.2 Å². The highest BCUT2D eigenvalue weighted by atomic mass is 16.3. The zero-order valence-electron chi connectivity index (χ0n) is 19.0. The summed E-state index contributed by atoms with van der Waals surface area (Å²) in [5.41, 5.74) is 0.887. The molecule has 4 rings (SSSR count). The first-order chi connectivity index (χ1) is 13.4. The standard InChI is InChI=1S/C26H46O2/c1-5-18-20-10-6-7-14-25(20,3)22-13-15-26(4)19(17(2)9-8-16-27)11-12-21(26)23(22)24(18)28/h17-24,27-28H,5-16H2,1-4H3/t17-,18-,19-,20+,21?,22?,23?,24?,25+,26-/m1/s1. The van der Waals surface area contributed by atoms with Crippen molar-refractivity contribution < 1.29 is 10.2 Å². The first-order valence-electron chi connectivity index (χ1n) is 12.7. The van der Waals surface area contributed by atoms with Gasteiger partial charge in [0, 0.05) is 6.61 Å². The third kappa shape index (κ3) is 3.03. The van der Waals surface area contributed by atoms with E-state index in [1.807, 2.05) is 0 Å². The van der Waals surface area contributed by atoms with E-state index < -0.39 is 0 Å². The summed E-state index contributed by atoms with van der Waals surface area (Å²) >= 11 is 0. The topological polar surface area (TPSA) is 40.5 Å². The van der Waals surface area contributed by atoms with E-state index >= 15 is 0 Å². The summed E-state index contributed by atoms with van der Waals surface area (Å²) < 4.78 is 0. The molecule has 0 radical (unpaired) electrons. The highest BCUT2D eigenvalue weighted by molar-refractivity contribution is 5.13. The molecule has 4 fully saturated rings. The fourth-order valence-corrected chi connectivity index (χ4v) is 9.63. The fraction of sp³-hybridized carbons (Fsp3) is 1.00. The van der Waals surface area contributed by atoms with E-state index in [2.05, 4.69) is 27.7 Å². The first kappa shape index (κ1) is 21.2. The fourth-order valence-electron chi connectivity index (χ4n) is 9.63. The van der Waals surface area contributed by atoms with E-state index in [1.54, 1.807) is 0 Å². The van der Waals surface area contributed by atoms with Crippen molar-refractivity contribution in [3.63, 3.8) is 0 Å². The Labute approximate surface area is 173 Å². The average Bonchev–Trinajstić information content (AvgIpc) is 3.04. The van der Waals surface area contributed by atoms with Crippen LogP contribution in [0.25, 0.3) is 0 Å². The molecule has 2 nitrogen and oxygen atoms in total. The second kappa shape index (κ2) is 7.88. The van der Waals surface area contributed by atoms with Crippen LogP contribution in [0.1, 0.15) is 98.3 Å². The second-order valence-corrected chi connectivity index (χ2v) is 11.8. The summed E-state index contributed by atoms with van der Waals surface area (Å²) in [6, 6.07) is 0. The monoisotopic (exact) mass is 390 g/mol. The summed E-state index contributed by atoms with van der Waals surface area (Å²) in [7, 11) is 0. The van der Waals surface area contributed by atoms with Crippen LogP contribution < -0.4 is 0 Å². The quantitative estimate of drug-likeness (QED) is 0.600. The molecule has 0 saturated heterocycles. The van der Waals surface area contributed by atoms with Gasteiger partial charge in [-0.05, 0) is 104 Å². The SMILES string of the molecule is CC[C@H]1C(O)C2C3CC[C@H]([C@H](C)CCCO)[C@@]3(C)CCC2[C@@]2(C)CCCC[C@@H]12. The van der Waals surface area contributed by atoms with Crippen LogP contribution in [0, 0.1) is 52.3 Å². The maximum absolute atomic E-state index is 11.7. The smallest absolute Gasteiger partial charge is 0.0605 e. The molecule has 0 aromatic heterocycles. The Bertz CT molecular complexity index is 547. The van der Waals surface area contributed by atoms with Crippen molar-refractivity contribution in [2.75, 3.05) is 6.61 Å². The highest BCUT2D eigenvalue weighted by Gasteiger charge is 2.64. The Morgan fingerprint density at radius 2 is 1.68 bits per heavy atom. The minimum atomic E-state index is -0.0673. The third-order valence-electron chi connectivity index (χ3n) is 10.9. The molecule has 10 atom stereocenters. The van der Waals surface area contributed by atoms with Gasteiger partial charge in [0.25, 0.3) is 0 Å². The summed E-state index contributed by atoms with van der Waals surface area (Å²) in [5, 5.41) is 21.0. The largest absolute Gasteiger partial charge is 0.396 e. The van der Waals surface area contributed by atoms with Gasteiger partial charge in [-0.1, -0.05) is 47.0 Å². The molecular formula is C26H46O2. The number of rotatable bonds is 5. The number of hydrogen-bond donors (Lipinski definition) is 2. The van der Waals surface area contributed by atoms with Crippen LogP contribution in [0.15, 0.2) is 0 Å². The molecule has 0 aromatic carbocycles. The third-order valence-corrected chi connectivity index (χ3v) is 10.9. The van der Waals surface area contributed by atoms with Crippen LogP contribution >= 0.6 is 0 Å². The van der Waals surface area contributed by atoms with E-state index in [1.165, 1.54) is 51.4 Å². The van der Waals surface area contributed by atoms with Crippen LogP contribution in [0.2, 0.25) is 0 Å². The molecule has 0 bridgehead atoms. The summed E-state index contributed by atoms with van der Waals surface area (Å²) in [6.07, 6.45) is 14.2. The van der Waals surface area contributed by atoms with E-state index in [4.69, 9.17) is 0 Å². The van der Waals surface area contributed by atoms with Gasteiger partial charge in [0.05, 0.1) is 6.10 Å². The Morgan fingerprint density at radius 3 is 2.39 bits per heavy atom. The lowest BCUT2D eigenvalue weighted by molar-refractivity contribution is -0.194. The predicted molar refractivity (Wildman–Crippen MR) is 116 cm³/mol. The van der Waals surface area contributed by atoms with Crippen molar-refractivity contribution >= 4 is 0 Å². The normalized spacial score (nSPS) is 51.9.